The predicted molar refractivity (Wildman–Crippen MR) is 88.7 cm³/mol. The topological polar surface area (TPSA) is 57.5 Å². The van der Waals surface area contributed by atoms with Gasteiger partial charge in [0.1, 0.15) is 0 Å². The highest BCUT2D eigenvalue weighted by Gasteiger charge is 2.61. The second kappa shape index (κ2) is 5.16. The van der Waals surface area contributed by atoms with Crippen LogP contribution in [0.1, 0.15) is 58.8 Å². The molecule has 7 atom stereocenters. The van der Waals surface area contributed by atoms with Crippen LogP contribution in [0.2, 0.25) is 0 Å². The van der Waals surface area contributed by atoms with E-state index in [2.05, 4.69) is 13.8 Å². The lowest BCUT2D eigenvalue weighted by molar-refractivity contribution is -0.121. The molecule has 0 spiro atoms. The van der Waals surface area contributed by atoms with Crippen LogP contribution in [-0.4, -0.2) is 28.7 Å². The quantitative estimate of drug-likeness (QED) is 0.781. The molecule has 0 heterocycles. The first kappa shape index (κ1) is 15.8. The average molecular weight is 318 g/mol. The van der Waals surface area contributed by atoms with Crippen molar-refractivity contribution in [2.45, 2.75) is 64.9 Å². The van der Waals surface area contributed by atoms with Gasteiger partial charge in [-0.3, -0.25) is 4.79 Å². The van der Waals surface area contributed by atoms with Crippen LogP contribution >= 0.6 is 0 Å². The minimum absolute atomic E-state index is 0.0727. The number of carbonyl (C=O) groups excluding carboxylic acids is 1. The molecule has 3 fully saturated rings. The van der Waals surface area contributed by atoms with Crippen molar-refractivity contribution < 1.29 is 15.0 Å². The van der Waals surface area contributed by atoms with Crippen molar-refractivity contribution in [2.24, 2.45) is 34.5 Å². The van der Waals surface area contributed by atoms with Crippen LogP contribution < -0.4 is 0 Å². The summed E-state index contributed by atoms with van der Waals surface area (Å²) < 4.78 is 0. The van der Waals surface area contributed by atoms with E-state index >= 15 is 0 Å². The van der Waals surface area contributed by atoms with E-state index in [-0.39, 0.29) is 29.3 Å². The van der Waals surface area contributed by atoms with E-state index < -0.39 is 0 Å². The molecule has 4 rings (SSSR count). The summed E-state index contributed by atoms with van der Waals surface area (Å²) >= 11 is 0. The summed E-state index contributed by atoms with van der Waals surface area (Å²) in [6.45, 7) is 4.71. The average Bonchev–Trinajstić information content (AvgIpc) is 2.84. The Morgan fingerprint density at radius 2 is 2.00 bits per heavy atom. The summed E-state index contributed by atoms with van der Waals surface area (Å²) in [4.78, 5) is 12.0. The van der Waals surface area contributed by atoms with Gasteiger partial charge in [0.2, 0.25) is 0 Å². The number of hydrogen-bond acceptors (Lipinski definition) is 3. The van der Waals surface area contributed by atoms with Gasteiger partial charge in [-0.05, 0) is 73.7 Å². The maximum atomic E-state index is 12.0. The molecule has 0 amide bonds. The zero-order valence-corrected chi connectivity index (χ0v) is 14.4. The second-order valence-electron chi connectivity index (χ2n) is 9.03. The standard InChI is InChI=1S/C20H30O3/c1-12-9-14-15-3-4-18(23)19(15,2)7-6-16(14)20(11-21)8-5-13(22)10-17(12)20/h10,12,14-16,18,21,23H,3-9,11H2,1-2H3/t12?,14-,15-,16+,18?,19-,20-/m0/s1. The Balaban J connectivity index is 1.75. The Bertz CT molecular complexity index is 553. The van der Waals surface area contributed by atoms with E-state index in [1.54, 1.807) is 0 Å². The molecule has 3 saturated carbocycles. The van der Waals surface area contributed by atoms with Crippen molar-refractivity contribution in [1.29, 1.82) is 0 Å². The van der Waals surface area contributed by atoms with Crippen molar-refractivity contribution in [2.75, 3.05) is 6.61 Å². The number of fused-ring (bicyclic) bond motifs is 5. The van der Waals surface area contributed by atoms with E-state index in [9.17, 15) is 15.0 Å². The van der Waals surface area contributed by atoms with E-state index in [1.165, 1.54) is 5.57 Å². The Morgan fingerprint density at radius 3 is 2.74 bits per heavy atom. The highest BCUT2D eigenvalue weighted by Crippen LogP contribution is 2.66. The lowest BCUT2D eigenvalue weighted by Crippen LogP contribution is -2.55. The molecule has 0 aromatic rings. The second-order valence-corrected chi connectivity index (χ2v) is 9.03. The van der Waals surface area contributed by atoms with Crippen LogP contribution in [0.5, 0.6) is 0 Å². The summed E-state index contributed by atoms with van der Waals surface area (Å²) in [6, 6.07) is 0. The molecule has 0 aromatic carbocycles. The third-order valence-corrected chi connectivity index (χ3v) is 8.24. The Labute approximate surface area is 139 Å². The SMILES string of the molecule is CC1C[C@@H]2[C@@H](CC[C@]3(C)C(O)CC[C@@H]23)[C@@]2(CO)CCC(=O)C=C12. The van der Waals surface area contributed by atoms with Crippen molar-refractivity contribution in [3.63, 3.8) is 0 Å². The number of carbonyl (C=O) groups is 1. The van der Waals surface area contributed by atoms with Crippen LogP contribution in [0.3, 0.4) is 0 Å². The Morgan fingerprint density at radius 1 is 1.22 bits per heavy atom. The molecule has 0 radical (unpaired) electrons. The third kappa shape index (κ3) is 1.99. The summed E-state index contributed by atoms with van der Waals surface area (Å²) in [5, 5.41) is 20.9. The van der Waals surface area contributed by atoms with Crippen molar-refractivity contribution in [3.05, 3.63) is 11.6 Å². The number of rotatable bonds is 1. The lowest BCUT2D eigenvalue weighted by Gasteiger charge is -2.59. The highest BCUT2D eigenvalue weighted by atomic mass is 16.3. The third-order valence-electron chi connectivity index (χ3n) is 8.24. The zero-order valence-electron chi connectivity index (χ0n) is 14.4. The molecule has 128 valence electrons. The van der Waals surface area contributed by atoms with Crippen molar-refractivity contribution >= 4 is 5.78 Å². The zero-order chi connectivity index (χ0) is 16.4. The van der Waals surface area contributed by atoms with E-state index in [0.29, 0.717) is 30.1 Å². The van der Waals surface area contributed by atoms with Gasteiger partial charge >= 0.3 is 0 Å². The number of aliphatic hydroxyl groups excluding tert-OH is 2. The summed E-state index contributed by atoms with van der Waals surface area (Å²) in [5.41, 5.74) is 1.15. The highest BCUT2D eigenvalue weighted by molar-refractivity contribution is 5.91. The molecule has 3 nitrogen and oxygen atoms in total. The molecule has 4 aliphatic rings. The van der Waals surface area contributed by atoms with Gasteiger partial charge in [-0.1, -0.05) is 19.4 Å². The molecule has 23 heavy (non-hydrogen) atoms. The minimum atomic E-state index is -0.162. The van der Waals surface area contributed by atoms with E-state index in [1.807, 2.05) is 6.08 Å². The molecule has 2 N–H and O–H groups in total. The maximum absolute atomic E-state index is 12.0. The summed E-state index contributed by atoms with van der Waals surface area (Å²) in [7, 11) is 0. The molecule has 0 saturated heterocycles. The smallest absolute Gasteiger partial charge is 0.155 e. The number of hydrogen-bond donors (Lipinski definition) is 2. The number of aliphatic hydroxyl groups is 2. The first-order valence-corrected chi connectivity index (χ1v) is 9.46. The molecule has 3 heteroatoms. The van der Waals surface area contributed by atoms with Gasteiger partial charge in [0.05, 0.1) is 12.7 Å². The first-order valence-electron chi connectivity index (χ1n) is 9.46. The Hall–Kier alpha value is -0.670. The number of ketones is 1. The monoisotopic (exact) mass is 318 g/mol. The fraction of sp³-hybridized carbons (Fsp3) is 0.850. The van der Waals surface area contributed by atoms with Gasteiger partial charge in [-0.25, -0.2) is 0 Å². The van der Waals surface area contributed by atoms with Crippen LogP contribution in [-0.2, 0) is 4.79 Å². The van der Waals surface area contributed by atoms with Gasteiger partial charge in [-0.2, -0.15) is 0 Å². The Kier molecular flexibility index (Phi) is 3.55. The predicted octanol–water partition coefficient (Wildman–Crippen LogP) is 3.10. The molecule has 0 aromatic heterocycles. The summed E-state index contributed by atoms with van der Waals surface area (Å²) in [5.74, 6) is 2.30. The molecule has 0 bridgehead atoms. The lowest BCUT2D eigenvalue weighted by atomic mass is 9.45. The maximum Gasteiger partial charge on any atom is 0.155 e. The molecule has 2 unspecified atom stereocenters. The van der Waals surface area contributed by atoms with Crippen LogP contribution in [0, 0.1) is 34.5 Å². The van der Waals surface area contributed by atoms with Gasteiger partial charge in [-0.15, -0.1) is 0 Å². The van der Waals surface area contributed by atoms with Crippen LogP contribution in [0.25, 0.3) is 0 Å². The van der Waals surface area contributed by atoms with Crippen LogP contribution in [0.4, 0.5) is 0 Å². The molecular weight excluding hydrogens is 288 g/mol. The molecule has 0 aliphatic heterocycles. The van der Waals surface area contributed by atoms with Crippen molar-refractivity contribution in [3.8, 4) is 0 Å². The first-order chi connectivity index (χ1) is 10.9. The summed E-state index contributed by atoms with van der Waals surface area (Å²) in [6.07, 6.45) is 8.48. The normalized spacial score (nSPS) is 52.4. The fourth-order valence-corrected chi connectivity index (χ4v) is 7.01. The largest absolute Gasteiger partial charge is 0.395 e. The van der Waals surface area contributed by atoms with Gasteiger partial charge in [0, 0.05) is 11.8 Å². The van der Waals surface area contributed by atoms with Crippen molar-refractivity contribution in [1.82, 2.24) is 0 Å². The minimum Gasteiger partial charge on any atom is -0.395 e. The fourth-order valence-electron chi connectivity index (χ4n) is 7.01. The van der Waals surface area contributed by atoms with E-state index in [0.717, 1.165) is 38.5 Å². The molecular formula is C20H30O3. The van der Waals surface area contributed by atoms with Gasteiger partial charge in [0.25, 0.3) is 0 Å². The molecule has 4 aliphatic carbocycles. The van der Waals surface area contributed by atoms with Crippen LogP contribution in [0.15, 0.2) is 11.6 Å². The van der Waals surface area contributed by atoms with Gasteiger partial charge < -0.3 is 10.2 Å². The van der Waals surface area contributed by atoms with E-state index in [4.69, 9.17) is 0 Å². The van der Waals surface area contributed by atoms with Gasteiger partial charge in [0.15, 0.2) is 5.78 Å².